The highest BCUT2D eigenvalue weighted by Gasteiger charge is 2.19. The van der Waals surface area contributed by atoms with E-state index in [0.717, 1.165) is 11.4 Å². The summed E-state index contributed by atoms with van der Waals surface area (Å²) in [4.78, 5) is 0. The molecule has 11 rings (SSSR count). The molecule has 0 N–H and O–H groups in total. The van der Waals surface area contributed by atoms with Gasteiger partial charge in [0, 0.05) is 38.5 Å². The fraction of sp³-hybridized carbons (Fsp3) is 0. The molecule has 0 unspecified atom stereocenters. The standard InChI is InChI=1S/C54H36N2/c1-4-15-37(16-5-1)39-27-30-45(31-28-39)55-51-25-12-10-21-47(51)49-32-29-40(36-53(49)55)42-33-41(38-17-6-2-7-18-38)34-43(35-42)46-23-14-24-50-48-22-11-13-26-52(48)56(54(46)50)44-19-8-3-9-20-44/h1-36H. The van der Waals surface area contributed by atoms with Crippen LogP contribution in [-0.2, 0) is 0 Å². The summed E-state index contributed by atoms with van der Waals surface area (Å²) in [5.41, 5.74) is 16.7. The first-order chi connectivity index (χ1) is 27.8. The largest absolute Gasteiger partial charge is 0.309 e. The molecule has 0 saturated carbocycles. The van der Waals surface area contributed by atoms with Gasteiger partial charge in [-0.3, -0.25) is 0 Å². The minimum absolute atomic E-state index is 1.15. The Bertz CT molecular complexity index is 3210. The van der Waals surface area contributed by atoms with Gasteiger partial charge in [-0.1, -0.05) is 158 Å². The van der Waals surface area contributed by atoms with E-state index in [-0.39, 0.29) is 0 Å². The summed E-state index contributed by atoms with van der Waals surface area (Å²) in [6.45, 7) is 0. The molecule has 2 heteroatoms. The molecule has 0 atom stereocenters. The van der Waals surface area contributed by atoms with Crippen LogP contribution in [-0.4, -0.2) is 9.13 Å². The van der Waals surface area contributed by atoms with Crippen LogP contribution in [0.4, 0.5) is 0 Å². The van der Waals surface area contributed by atoms with Gasteiger partial charge in [-0.2, -0.15) is 0 Å². The van der Waals surface area contributed by atoms with Crippen LogP contribution in [0, 0.1) is 0 Å². The van der Waals surface area contributed by atoms with E-state index in [1.807, 2.05) is 0 Å². The molecule has 2 aromatic heterocycles. The van der Waals surface area contributed by atoms with Crippen molar-refractivity contribution >= 4 is 43.6 Å². The van der Waals surface area contributed by atoms with Crippen molar-refractivity contribution in [3.8, 4) is 55.9 Å². The van der Waals surface area contributed by atoms with E-state index in [9.17, 15) is 0 Å². The van der Waals surface area contributed by atoms with Crippen molar-refractivity contribution in [2.75, 3.05) is 0 Å². The van der Waals surface area contributed by atoms with Gasteiger partial charge in [-0.15, -0.1) is 0 Å². The monoisotopic (exact) mass is 712 g/mol. The molecule has 56 heavy (non-hydrogen) atoms. The molecular weight excluding hydrogens is 677 g/mol. The number of benzene rings is 9. The Hall–Kier alpha value is -7.42. The minimum Gasteiger partial charge on any atom is -0.309 e. The van der Waals surface area contributed by atoms with Gasteiger partial charge in [0.05, 0.1) is 22.1 Å². The smallest absolute Gasteiger partial charge is 0.0619 e. The quantitative estimate of drug-likeness (QED) is 0.162. The maximum atomic E-state index is 2.43. The number of para-hydroxylation sites is 4. The lowest BCUT2D eigenvalue weighted by Gasteiger charge is -2.15. The van der Waals surface area contributed by atoms with Crippen molar-refractivity contribution in [1.82, 2.24) is 9.13 Å². The molecule has 0 aliphatic heterocycles. The zero-order valence-electron chi connectivity index (χ0n) is 30.7. The molecular formula is C54H36N2. The number of nitrogens with zero attached hydrogens (tertiary/aromatic N) is 2. The topological polar surface area (TPSA) is 9.86 Å². The number of rotatable bonds is 6. The van der Waals surface area contributed by atoms with Gasteiger partial charge in [0.15, 0.2) is 0 Å². The Morgan fingerprint density at radius 2 is 0.696 bits per heavy atom. The number of aromatic nitrogens is 2. The Morgan fingerprint density at radius 1 is 0.232 bits per heavy atom. The SMILES string of the molecule is c1ccc(-c2ccc(-n3c4ccccc4c4ccc(-c5cc(-c6ccccc6)cc(-c6cccc7c8ccccc8n(-c8ccccc8)c67)c5)cc43)cc2)cc1. The zero-order valence-corrected chi connectivity index (χ0v) is 30.7. The summed E-state index contributed by atoms with van der Waals surface area (Å²) in [5, 5.41) is 4.99. The first kappa shape index (κ1) is 32.0. The predicted octanol–water partition coefficient (Wildman–Crippen LogP) is 14.5. The van der Waals surface area contributed by atoms with E-state index in [0.29, 0.717) is 0 Å². The van der Waals surface area contributed by atoms with E-state index in [1.54, 1.807) is 0 Å². The van der Waals surface area contributed by atoms with Crippen molar-refractivity contribution in [2.24, 2.45) is 0 Å². The summed E-state index contributed by atoms with van der Waals surface area (Å²) in [5.74, 6) is 0. The molecule has 0 amide bonds. The second-order valence-electron chi connectivity index (χ2n) is 14.6. The van der Waals surface area contributed by atoms with E-state index >= 15 is 0 Å². The van der Waals surface area contributed by atoms with Crippen molar-refractivity contribution < 1.29 is 0 Å². The number of hydrogen-bond donors (Lipinski definition) is 0. The van der Waals surface area contributed by atoms with Crippen LogP contribution in [0.1, 0.15) is 0 Å². The van der Waals surface area contributed by atoms with Gasteiger partial charge in [0.25, 0.3) is 0 Å². The normalized spacial score (nSPS) is 11.6. The first-order valence-electron chi connectivity index (χ1n) is 19.3. The van der Waals surface area contributed by atoms with Gasteiger partial charge < -0.3 is 9.13 Å². The fourth-order valence-corrected chi connectivity index (χ4v) is 8.71. The third kappa shape index (κ3) is 5.26. The van der Waals surface area contributed by atoms with Gasteiger partial charge in [0.1, 0.15) is 0 Å². The number of fused-ring (bicyclic) bond motifs is 6. The molecule has 9 aromatic carbocycles. The van der Waals surface area contributed by atoms with Crippen molar-refractivity contribution in [2.45, 2.75) is 0 Å². The van der Waals surface area contributed by atoms with Crippen LogP contribution in [0.2, 0.25) is 0 Å². The highest BCUT2D eigenvalue weighted by molar-refractivity contribution is 6.14. The highest BCUT2D eigenvalue weighted by Crippen LogP contribution is 2.42. The molecule has 2 heterocycles. The Kier molecular flexibility index (Phi) is 7.53. The van der Waals surface area contributed by atoms with Crippen molar-refractivity contribution in [3.63, 3.8) is 0 Å². The van der Waals surface area contributed by atoms with Gasteiger partial charge in [-0.05, 0) is 99.6 Å². The first-order valence-corrected chi connectivity index (χ1v) is 19.3. The maximum Gasteiger partial charge on any atom is 0.0619 e. The van der Waals surface area contributed by atoms with E-state index in [2.05, 4.69) is 228 Å². The third-order valence-corrected chi connectivity index (χ3v) is 11.3. The molecule has 0 aliphatic carbocycles. The van der Waals surface area contributed by atoms with Crippen LogP contribution in [0.25, 0.3) is 99.5 Å². The summed E-state index contributed by atoms with van der Waals surface area (Å²) in [7, 11) is 0. The summed E-state index contributed by atoms with van der Waals surface area (Å²) in [6, 6.07) is 79.5. The highest BCUT2D eigenvalue weighted by atomic mass is 15.0. The van der Waals surface area contributed by atoms with Crippen LogP contribution >= 0.6 is 0 Å². The second kappa shape index (κ2) is 13.2. The number of hydrogen-bond acceptors (Lipinski definition) is 0. The molecule has 0 bridgehead atoms. The van der Waals surface area contributed by atoms with Gasteiger partial charge in [0.2, 0.25) is 0 Å². The van der Waals surface area contributed by atoms with Crippen LogP contribution in [0.15, 0.2) is 218 Å². The van der Waals surface area contributed by atoms with Gasteiger partial charge in [-0.25, -0.2) is 0 Å². The van der Waals surface area contributed by atoms with E-state index in [1.165, 1.54) is 88.1 Å². The second-order valence-corrected chi connectivity index (χ2v) is 14.6. The Labute approximate surface area is 325 Å². The lowest BCUT2D eigenvalue weighted by Crippen LogP contribution is -1.96. The van der Waals surface area contributed by atoms with Crippen molar-refractivity contribution in [3.05, 3.63) is 218 Å². The summed E-state index contributed by atoms with van der Waals surface area (Å²) >= 11 is 0. The van der Waals surface area contributed by atoms with E-state index in [4.69, 9.17) is 0 Å². The predicted molar refractivity (Wildman–Crippen MR) is 237 cm³/mol. The fourth-order valence-electron chi connectivity index (χ4n) is 8.71. The van der Waals surface area contributed by atoms with Crippen molar-refractivity contribution in [1.29, 1.82) is 0 Å². The van der Waals surface area contributed by atoms with Crippen LogP contribution in [0.3, 0.4) is 0 Å². The molecule has 11 aromatic rings. The molecule has 262 valence electrons. The van der Waals surface area contributed by atoms with E-state index < -0.39 is 0 Å². The molecule has 0 aliphatic rings. The Balaban J connectivity index is 1.14. The molecule has 0 radical (unpaired) electrons. The lowest BCUT2D eigenvalue weighted by atomic mass is 9.92. The molecule has 0 saturated heterocycles. The van der Waals surface area contributed by atoms with Crippen LogP contribution < -0.4 is 0 Å². The molecule has 2 nitrogen and oxygen atoms in total. The Morgan fingerprint density at radius 3 is 1.39 bits per heavy atom. The van der Waals surface area contributed by atoms with Gasteiger partial charge >= 0.3 is 0 Å². The molecule has 0 fully saturated rings. The summed E-state index contributed by atoms with van der Waals surface area (Å²) in [6.07, 6.45) is 0. The molecule has 0 spiro atoms. The average Bonchev–Trinajstić information content (AvgIpc) is 3.80. The van der Waals surface area contributed by atoms with Crippen LogP contribution in [0.5, 0.6) is 0 Å². The lowest BCUT2D eigenvalue weighted by molar-refractivity contribution is 1.18. The summed E-state index contributed by atoms with van der Waals surface area (Å²) < 4.78 is 4.85. The third-order valence-electron chi connectivity index (χ3n) is 11.3. The average molecular weight is 713 g/mol. The minimum atomic E-state index is 1.15. The zero-order chi connectivity index (χ0) is 37.0. The maximum absolute atomic E-state index is 2.43.